The van der Waals surface area contributed by atoms with Crippen LogP contribution in [0, 0.1) is 13.8 Å². The number of aryl methyl sites for hydroxylation is 2. The SMILES string of the molecule is Cc1cc(C)cc(C(=O)N(CCc2ccccc2)C2CC3CCC(C2)[NH+]3C)c1. The molecule has 0 radical (unpaired) electrons. The second-order valence-corrected chi connectivity index (χ2v) is 8.95. The van der Waals surface area contributed by atoms with Crippen molar-refractivity contribution < 1.29 is 9.69 Å². The number of fused-ring (bicyclic) bond motifs is 2. The van der Waals surface area contributed by atoms with E-state index in [0.29, 0.717) is 6.04 Å². The first kappa shape index (κ1) is 19.2. The maximum atomic E-state index is 13.6. The van der Waals surface area contributed by atoms with Crippen LogP contribution < -0.4 is 4.90 Å². The van der Waals surface area contributed by atoms with Gasteiger partial charge in [-0.2, -0.15) is 0 Å². The minimum Gasteiger partial charge on any atom is -0.335 e. The number of nitrogens with one attached hydrogen (secondary N) is 1. The molecule has 1 amide bonds. The summed E-state index contributed by atoms with van der Waals surface area (Å²) in [5, 5.41) is 0. The van der Waals surface area contributed by atoms with E-state index in [4.69, 9.17) is 0 Å². The highest BCUT2D eigenvalue weighted by molar-refractivity contribution is 5.94. The van der Waals surface area contributed by atoms with Gasteiger partial charge in [0.1, 0.15) is 0 Å². The van der Waals surface area contributed by atoms with Gasteiger partial charge < -0.3 is 9.80 Å². The third-order valence-electron chi connectivity index (χ3n) is 6.92. The van der Waals surface area contributed by atoms with Gasteiger partial charge in [-0.15, -0.1) is 0 Å². The molecule has 2 aromatic rings. The number of nitrogens with zero attached hydrogens (tertiary/aromatic N) is 1. The highest BCUT2D eigenvalue weighted by Gasteiger charge is 2.44. The van der Waals surface area contributed by atoms with Crippen LogP contribution in [0.2, 0.25) is 0 Å². The average molecular weight is 378 g/mol. The zero-order valence-electron chi connectivity index (χ0n) is 17.4. The van der Waals surface area contributed by atoms with Crippen LogP contribution in [0.5, 0.6) is 0 Å². The van der Waals surface area contributed by atoms with E-state index in [2.05, 4.69) is 74.3 Å². The zero-order valence-corrected chi connectivity index (χ0v) is 17.4. The number of carbonyl (C=O) groups excluding carboxylic acids is 1. The van der Waals surface area contributed by atoms with Gasteiger partial charge >= 0.3 is 0 Å². The summed E-state index contributed by atoms with van der Waals surface area (Å²) in [6, 6.07) is 18.6. The van der Waals surface area contributed by atoms with Crippen molar-refractivity contribution >= 4 is 5.91 Å². The Morgan fingerprint density at radius 1 is 1.00 bits per heavy atom. The minimum atomic E-state index is 0.215. The van der Waals surface area contributed by atoms with Crippen molar-refractivity contribution in [3.63, 3.8) is 0 Å². The molecule has 1 N–H and O–H groups in total. The third-order valence-corrected chi connectivity index (χ3v) is 6.92. The Hall–Kier alpha value is -2.13. The zero-order chi connectivity index (χ0) is 19.7. The Bertz CT molecular complexity index is 797. The lowest BCUT2D eigenvalue weighted by Gasteiger charge is -2.40. The number of piperidine rings is 1. The second-order valence-electron chi connectivity index (χ2n) is 8.95. The summed E-state index contributed by atoms with van der Waals surface area (Å²) in [6.45, 7) is 4.97. The van der Waals surface area contributed by atoms with Crippen LogP contribution in [0.15, 0.2) is 48.5 Å². The molecule has 0 aliphatic carbocycles. The molecule has 28 heavy (non-hydrogen) atoms. The molecule has 2 unspecified atom stereocenters. The van der Waals surface area contributed by atoms with Crippen molar-refractivity contribution in [3.05, 3.63) is 70.8 Å². The van der Waals surface area contributed by atoms with E-state index < -0.39 is 0 Å². The average Bonchev–Trinajstić information content (AvgIpc) is 2.89. The van der Waals surface area contributed by atoms with E-state index >= 15 is 0 Å². The van der Waals surface area contributed by atoms with Gasteiger partial charge in [0.25, 0.3) is 5.91 Å². The molecule has 3 nitrogen and oxygen atoms in total. The molecular weight excluding hydrogens is 344 g/mol. The molecule has 2 fully saturated rings. The molecule has 2 bridgehead atoms. The molecule has 2 aliphatic heterocycles. The van der Waals surface area contributed by atoms with Crippen molar-refractivity contribution in [1.29, 1.82) is 0 Å². The van der Waals surface area contributed by atoms with E-state index in [-0.39, 0.29) is 5.91 Å². The van der Waals surface area contributed by atoms with Crippen LogP contribution >= 0.6 is 0 Å². The lowest BCUT2D eigenvalue weighted by atomic mass is 9.95. The number of hydrogen-bond acceptors (Lipinski definition) is 1. The van der Waals surface area contributed by atoms with E-state index in [0.717, 1.165) is 43.5 Å². The molecule has 2 aromatic carbocycles. The maximum Gasteiger partial charge on any atom is 0.254 e. The fourth-order valence-corrected chi connectivity index (χ4v) is 5.41. The van der Waals surface area contributed by atoms with Crippen LogP contribution in [0.1, 0.15) is 52.7 Å². The summed E-state index contributed by atoms with van der Waals surface area (Å²) >= 11 is 0. The largest absolute Gasteiger partial charge is 0.335 e. The Morgan fingerprint density at radius 2 is 1.61 bits per heavy atom. The molecule has 0 aromatic heterocycles. The van der Waals surface area contributed by atoms with Gasteiger partial charge in [0.15, 0.2) is 0 Å². The number of quaternary nitrogens is 1. The normalized spacial score (nSPS) is 26.2. The summed E-state index contributed by atoms with van der Waals surface area (Å²) in [5.74, 6) is 0.215. The molecule has 148 valence electrons. The van der Waals surface area contributed by atoms with Crippen LogP contribution in [0.4, 0.5) is 0 Å². The fourth-order valence-electron chi connectivity index (χ4n) is 5.41. The van der Waals surface area contributed by atoms with Gasteiger partial charge in [0.05, 0.1) is 19.1 Å². The summed E-state index contributed by atoms with van der Waals surface area (Å²) in [6.07, 6.45) is 5.85. The second kappa shape index (κ2) is 8.08. The summed E-state index contributed by atoms with van der Waals surface area (Å²) in [4.78, 5) is 17.5. The quantitative estimate of drug-likeness (QED) is 0.850. The monoisotopic (exact) mass is 377 g/mol. The van der Waals surface area contributed by atoms with Gasteiger partial charge in [-0.05, 0) is 38.0 Å². The lowest BCUT2D eigenvalue weighted by Crippen LogP contribution is -3.15. The Labute approximate surface area is 169 Å². The fraction of sp³-hybridized carbons (Fsp3) is 0.480. The maximum absolute atomic E-state index is 13.6. The number of rotatable bonds is 5. The molecule has 2 heterocycles. The Morgan fingerprint density at radius 3 is 2.21 bits per heavy atom. The number of hydrogen-bond donors (Lipinski definition) is 1. The third kappa shape index (κ3) is 4.00. The van der Waals surface area contributed by atoms with Gasteiger partial charge in [-0.3, -0.25) is 4.79 Å². The highest BCUT2D eigenvalue weighted by atomic mass is 16.2. The van der Waals surface area contributed by atoms with Gasteiger partial charge in [0, 0.05) is 43.8 Å². The molecule has 3 heteroatoms. The van der Waals surface area contributed by atoms with Gasteiger partial charge in [-0.1, -0.05) is 47.5 Å². The van der Waals surface area contributed by atoms with Gasteiger partial charge in [-0.25, -0.2) is 0 Å². The standard InChI is InChI=1S/C25H32N2O/c1-18-13-19(2)15-21(14-18)25(28)27(12-11-20-7-5-4-6-8-20)24-16-22-9-10-23(17-24)26(22)3/h4-8,13-15,22-24H,9-12,16-17H2,1-3H3/p+1. The van der Waals surface area contributed by atoms with Crippen LogP contribution in [-0.4, -0.2) is 42.5 Å². The molecule has 2 atom stereocenters. The molecule has 0 saturated carbocycles. The van der Waals surface area contributed by atoms with Gasteiger partial charge in [0.2, 0.25) is 0 Å². The molecule has 4 rings (SSSR count). The Balaban J connectivity index is 1.58. The number of carbonyl (C=O) groups is 1. The topological polar surface area (TPSA) is 24.8 Å². The summed E-state index contributed by atoms with van der Waals surface area (Å²) in [7, 11) is 2.35. The minimum absolute atomic E-state index is 0.215. The van der Waals surface area contributed by atoms with Crippen molar-refractivity contribution in [2.45, 2.75) is 64.1 Å². The molecular formula is C25H33N2O+. The summed E-state index contributed by atoms with van der Waals surface area (Å²) < 4.78 is 0. The molecule has 2 saturated heterocycles. The molecule has 2 aliphatic rings. The van der Waals surface area contributed by atoms with Crippen LogP contribution in [0.25, 0.3) is 0 Å². The van der Waals surface area contributed by atoms with Crippen molar-refractivity contribution in [1.82, 2.24) is 4.90 Å². The van der Waals surface area contributed by atoms with E-state index in [1.165, 1.54) is 29.5 Å². The lowest BCUT2D eigenvalue weighted by molar-refractivity contribution is -0.922. The van der Waals surface area contributed by atoms with Crippen molar-refractivity contribution in [2.24, 2.45) is 0 Å². The number of amides is 1. The first-order valence-corrected chi connectivity index (χ1v) is 10.8. The van der Waals surface area contributed by atoms with E-state index in [1.807, 2.05) is 0 Å². The number of benzene rings is 2. The van der Waals surface area contributed by atoms with E-state index in [1.54, 1.807) is 4.90 Å². The predicted molar refractivity (Wildman–Crippen MR) is 114 cm³/mol. The first-order chi connectivity index (χ1) is 13.5. The molecule has 0 spiro atoms. The Kier molecular flexibility index (Phi) is 5.54. The van der Waals surface area contributed by atoms with Crippen molar-refractivity contribution in [3.8, 4) is 0 Å². The van der Waals surface area contributed by atoms with Crippen LogP contribution in [0.3, 0.4) is 0 Å². The highest BCUT2D eigenvalue weighted by Crippen LogP contribution is 2.27. The van der Waals surface area contributed by atoms with Crippen LogP contribution in [-0.2, 0) is 6.42 Å². The smallest absolute Gasteiger partial charge is 0.254 e. The predicted octanol–water partition coefficient (Wildman–Crippen LogP) is 3.20. The van der Waals surface area contributed by atoms with E-state index in [9.17, 15) is 4.79 Å². The van der Waals surface area contributed by atoms with Crippen molar-refractivity contribution in [2.75, 3.05) is 13.6 Å². The first-order valence-electron chi connectivity index (χ1n) is 10.8. The summed E-state index contributed by atoms with van der Waals surface area (Å²) in [5.41, 5.74) is 4.49.